The van der Waals surface area contributed by atoms with E-state index in [1.54, 1.807) is 12.1 Å². The second-order valence-electron chi connectivity index (χ2n) is 5.05. The molecule has 0 spiro atoms. The third-order valence-electron chi connectivity index (χ3n) is 3.32. The van der Waals surface area contributed by atoms with Gasteiger partial charge in [-0.05, 0) is 12.8 Å². The smallest absolute Gasteiger partial charge is 0.230 e. The van der Waals surface area contributed by atoms with Crippen molar-refractivity contribution in [2.24, 2.45) is 0 Å². The number of carbonyl (C=O) groups excluding carboxylic acids is 2. The van der Waals surface area contributed by atoms with Gasteiger partial charge in [-0.15, -0.1) is 0 Å². The maximum atomic E-state index is 12.2. The largest absolute Gasteiger partial charge is 0.342 e. The number of unbranched alkanes of at least 4 members (excludes halogenated alkanes) is 2. The van der Waals surface area contributed by atoms with Gasteiger partial charge in [0.25, 0.3) is 0 Å². The average Bonchev–Trinajstić information content (AvgIpc) is 2.48. The standard InChI is InChI=1S/C17H25NO2.Zr/c1-3-5-12-18(13-6-4-2)17(20)14-16(19)15-10-8-7-9-11-15;/h7-11H,3-6,12-14H2,1-2H3;. The fourth-order valence-electron chi connectivity index (χ4n) is 2.03. The fourth-order valence-corrected chi connectivity index (χ4v) is 2.03. The minimum absolute atomic E-state index is 0. The van der Waals surface area contributed by atoms with E-state index in [0.717, 1.165) is 38.8 Å². The Bertz CT molecular complexity index is 412. The molecule has 0 unspecified atom stereocenters. The van der Waals surface area contributed by atoms with E-state index >= 15 is 0 Å². The molecule has 0 aliphatic heterocycles. The van der Waals surface area contributed by atoms with Gasteiger partial charge in [0.2, 0.25) is 5.91 Å². The molecular formula is C17H25NO2Zr. The van der Waals surface area contributed by atoms with Gasteiger partial charge in [0.1, 0.15) is 0 Å². The molecule has 0 radical (unpaired) electrons. The molecule has 0 aromatic heterocycles. The Morgan fingerprint density at radius 3 is 1.95 bits per heavy atom. The van der Waals surface area contributed by atoms with Gasteiger partial charge < -0.3 is 4.90 Å². The minimum atomic E-state index is -0.0893. The molecule has 114 valence electrons. The zero-order chi connectivity index (χ0) is 14.8. The summed E-state index contributed by atoms with van der Waals surface area (Å²) in [5.41, 5.74) is 0.617. The first-order chi connectivity index (χ1) is 9.69. The second kappa shape index (κ2) is 11.9. The topological polar surface area (TPSA) is 37.4 Å². The summed E-state index contributed by atoms with van der Waals surface area (Å²) in [7, 11) is 0. The van der Waals surface area contributed by atoms with Crippen molar-refractivity contribution >= 4 is 11.7 Å². The van der Waals surface area contributed by atoms with Crippen LogP contribution in [-0.4, -0.2) is 29.7 Å². The summed E-state index contributed by atoms with van der Waals surface area (Å²) in [6, 6.07) is 9.04. The van der Waals surface area contributed by atoms with Crippen molar-refractivity contribution in [1.29, 1.82) is 0 Å². The Labute approximate surface area is 147 Å². The zero-order valence-electron chi connectivity index (χ0n) is 13.1. The predicted octanol–water partition coefficient (Wildman–Crippen LogP) is 3.69. The normalized spacial score (nSPS) is 9.81. The average molecular weight is 367 g/mol. The molecule has 0 fully saturated rings. The zero-order valence-corrected chi connectivity index (χ0v) is 15.6. The van der Waals surface area contributed by atoms with E-state index in [1.165, 1.54) is 0 Å². The summed E-state index contributed by atoms with van der Waals surface area (Å²) >= 11 is 0. The molecule has 21 heavy (non-hydrogen) atoms. The van der Waals surface area contributed by atoms with Crippen molar-refractivity contribution in [2.75, 3.05) is 13.1 Å². The van der Waals surface area contributed by atoms with Crippen LogP contribution in [0, 0.1) is 0 Å². The Balaban J connectivity index is 0.00000400. The van der Waals surface area contributed by atoms with Crippen molar-refractivity contribution in [3.63, 3.8) is 0 Å². The van der Waals surface area contributed by atoms with E-state index in [9.17, 15) is 9.59 Å². The fraction of sp³-hybridized carbons (Fsp3) is 0.529. The molecule has 1 rings (SSSR count). The van der Waals surface area contributed by atoms with Gasteiger partial charge in [0, 0.05) is 44.9 Å². The molecule has 0 N–H and O–H groups in total. The molecule has 1 amide bonds. The third kappa shape index (κ3) is 7.71. The molecule has 0 aliphatic carbocycles. The molecule has 4 heteroatoms. The first-order valence-electron chi connectivity index (χ1n) is 7.55. The summed E-state index contributed by atoms with van der Waals surface area (Å²) in [5, 5.41) is 0. The summed E-state index contributed by atoms with van der Waals surface area (Å²) in [5.74, 6) is -0.130. The van der Waals surface area contributed by atoms with E-state index in [-0.39, 0.29) is 44.3 Å². The number of hydrogen-bond donors (Lipinski definition) is 0. The van der Waals surface area contributed by atoms with Crippen LogP contribution < -0.4 is 0 Å². The van der Waals surface area contributed by atoms with E-state index in [1.807, 2.05) is 23.1 Å². The molecule has 3 nitrogen and oxygen atoms in total. The van der Waals surface area contributed by atoms with E-state index < -0.39 is 0 Å². The van der Waals surface area contributed by atoms with Crippen molar-refractivity contribution in [1.82, 2.24) is 4.90 Å². The Hall–Kier alpha value is -0.757. The molecule has 0 heterocycles. The van der Waals surface area contributed by atoms with Gasteiger partial charge in [-0.3, -0.25) is 9.59 Å². The van der Waals surface area contributed by atoms with E-state index in [2.05, 4.69) is 13.8 Å². The molecular weight excluding hydrogens is 341 g/mol. The van der Waals surface area contributed by atoms with Gasteiger partial charge in [-0.25, -0.2) is 0 Å². The first-order valence-corrected chi connectivity index (χ1v) is 7.55. The van der Waals surface area contributed by atoms with Crippen molar-refractivity contribution in [3.8, 4) is 0 Å². The van der Waals surface area contributed by atoms with Gasteiger partial charge in [-0.1, -0.05) is 57.0 Å². The second-order valence-corrected chi connectivity index (χ2v) is 5.05. The monoisotopic (exact) mass is 365 g/mol. The van der Waals surface area contributed by atoms with Crippen molar-refractivity contribution in [3.05, 3.63) is 35.9 Å². The third-order valence-corrected chi connectivity index (χ3v) is 3.32. The molecule has 0 atom stereocenters. The van der Waals surface area contributed by atoms with Crippen LogP contribution in [0.15, 0.2) is 30.3 Å². The molecule has 0 bridgehead atoms. The number of amides is 1. The van der Waals surface area contributed by atoms with Crippen LogP contribution in [0.1, 0.15) is 56.3 Å². The minimum Gasteiger partial charge on any atom is -0.342 e. The van der Waals surface area contributed by atoms with Crippen LogP contribution in [0.4, 0.5) is 0 Å². The number of Topliss-reactive ketones (excluding diaryl/α,β-unsaturated/α-hetero) is 1. The number of benzene rings is 1. The Morgan fingerprint density at radius 2 is 1.48 bits per heavy atom. The van der Waals surface area contributed by atoms with Crippen molar-refractivity contribution in [2.45, 2.75) is 46.0 Å². The Kier molecular flexibility index (Phi) is 11.4. The number of carbonyl (C=O) groups is 2. The van der Waals surface area contributed by atoms with Gasteiger partial charge in [0.05, 0.1) is 6.42 Å². The van der Waals surface area contributed by atoms with Crippen LogP contribution in [0.25, 0.3) is 0 Å². The van der Waals surface area contributed by atoms with Gasteiger partial charge >= 0.3 is 0 Å². The summed E-state index contributed by atoms with van der Waals surface area (Å²) in [6.45, 7) is 5.74. The van der Waals surface area contributed by atoms with Crippen LogP contribution in [0.2, 0.25) is 0 Å². The quantitative estimate of drug-likeness (QED) is 0.494. The molecule has 0 saturated carbocycles. The summed E-state index contributed by atoms with van der Waals surface area (Å²) < 4.78 is 0. The van der Waals surface area contributed by atoms with Gasteiger partial charge in [0.15, 0.2) is 5.78 Å². The van der Waals surface area contributed by atoms with Crippen LogP contribution in [0.5, 0.6) is 0 Å². The molecule has 0 aliphatic rings. The Morgan fingerprint density at radius 1 is 0.952 bits per heavy atom. The maximum absolute atomic E-state index is 12.2. The number of hydrogen-bond acceptors (Lipinski definition) is 2. The molecule has 0 saturated heterocycles. The van der Waals surface area contributed by atoms with Gasteiger partial charge in [-0.2, -0.15) is 0 Å². The molecule has 1 aromatic rings. The molecule has 1 aromatic carbocycles. The summed E-state index contributed by atoms with van der Waals surface area (Å²) in [6.07, 6.45) is 4.09. The number of nitrogens with zero attached hydrogens (tertiary/aromatic N) is 1. The summed E-state index contributed by atoms with van der Waals surface area (Å²) in [4.78, 5) is 26.1. The van der Waals surface area contributed by atoms with E-state index in [4.69, 9.17) is 0 Å². The van der Waals surface area contributed by atoms with Crippen LogP contribution >= 0.6 is 0 Å². The van der Waals surface area contributed by atoms with Crippen LogP contribution in [-0.2, 0) is 31.0 Å². The first kappa shape index (κ1) is 20.2. The van der Waals surface area contributed by atoms with Crippen molar-refractivity contribution < 1.29 is 35.8 Å². The number of rotatable bonds is 9. The predicted molar refractivity (Wildman–Crippen MR) is 81.8 cm³/mol. The number of ketones is 1. The van der Waals surface area contributed by atoms with E-state index in [0.29, 0.717) is 5.56 Å². The van der Waals surface area contributed by atoms with Crippen LogP contribution in [0.3, 0.4) is 0 Å². The maximum Gasteiger partial charge on any atom is 0.230 e. The SMILES string of the molecule is CCCCN(CCCC)C(=O)CC(=O)c1ccccc1.[Zr].